The van der Waals surface area contributed by atoms with Gasteiger partial charge in [0.2, 0.25) is 5.91 Å². The number of nitrogens with zero attached hydrogens (tertiary/aromatic N) is 2. The smallest absolute Gasteiger partial charge is 0.232 e. The lowest BCUT2D eigenvalue weighted by Gasteiger charge is -2.21. The van der Waals surface area contributed by atoms with Crippen LogP contribution in [0.5, 0.6) is 0 Å². The summed E-state index contributed by atoms with van der Waals surface area (Å²) in [6, 6.07) is 15.9. The number of rotatable bonds is 4. The van der Waals surface area contributed by atoms with Gasteiger partial charge in [0.25, 0.3) is 0 Å². The van der Waals surface area contributed by atoms with Gasteiger partial charge in [-0.05, 0) is 30.5 Å². The summed E-state index contributed by atoms with van der Waals surface area (Å²) in [7, 11) is 0. The maximum absolute atomic E-state index is 12.5. The summed E-state index contributed by atoms with van der Waals surface area (Å²) < 4.78 is 0. The van der Waals surface area contributed by atoms with Crippen LogP contribution in [0.4, 0.5) is 5.82 Å². The van der Waals surface area contributed by atoms with Gasteiger partial charge in [0.1, 0.15) is 5.82 Å². The second-order valence-electron chi connectivity index (χ2n) is 4.85. The molecule has 1 amide bonds. The van der Waals surface area contributed by atoms with Crippen molar-refractivity contribution in [1.29, 1.82) is 0 Å². The molecule has 96 valence electrons. The van der Waals surface area contributed by atoms with Gasteiger partial charge < -0.3 is 0 Å². The van der Waals surface area contributed by atoms with E-state index in [-0.39, 0.29) is 5.91 Å². The zero-order valence-electron chi connectivity index (χ0n) is 10.7. The number of carbonyl (C=O) groups is 1. The second kappa shape index (κ2) is 5.22. The van der Waals surface area contributed by atoms with Crippen molar-refractivity contribution in [3.63, 3.8) is 0 Å². The van der Waals surface area contributed by atoms with Gasteiger partial charge in [0.15, 0.2) is 0 Å². The molecule has 0 unspecified atom stereocenters. The number of benzene rings is 1. The van der Waals surface area contributed by atoms with E-state index in [1.165, 1.54) is 0 Å². The summed E-state index contributed by atoms with van der Waals surface area (Å²) >= 11 is 0. The monoisotopic (exact) mass is 252 g/mol. The first-order valence-corrected chi connectivity index (χ1v) is 6.61. The third-order valence-corrected chi connectivity index (χ3v) is 3.27. The number of pyridine rings is 1. The van der Waals surface area contributed by atoms with Crippen LogP contribution < -0.4 is 4.90 Å². The number of carbonyl (C=O) groups excluding carboxylic acids is 1. The fraction of sp³-hybridized carbons (Fsp3) is 0.250. The Labute approximate surface area is 112 Å². The normalized spacial score (nSPS) is 14.1. The fourth-order valence-electron chi connectivity index (χ4n) is 2.20. The summed E-state index contributed by atoms with van der Waals surface area (Å²) in [4.78, 5) is 18.6. The Bertz CT molecular complexity index is 549. The lowest BCUT2D eigenvalue weighted by atomic mass is 10.1. The number of aromatic nitrogens is 1. The zero-order chi connectivity index (χ0) is 13.1. The molecule has 0 radical (unpaired) electrons. The molecule has 3 rings (SSSR count). The molecule has 0 atom stereocenters. The van der Waals surface area contributed by atoms with Crippen molar-refractivity contribution < 1.29 is 4.79 Å². The molecule has 0 saturated heterocycles. The molecule has 1 aliphatic carbocycles. The SMILES string of the molecule is O=C(Cc1ccccc1)N(c1ccccn1)C1CC1. The van der Waals surface area contributed by atoms with Gasteiger partial charge in [-0.1, -0.05) is 36.4 Å². The molecule has 0 N–H and O–H groups in total. The van der Waals surface area contributed by atoms with Crippen LogP contribution in [0.25, 0.3) is 0 Å². The summed E-state index contributed by atoms with van der Waals surface area (Å²) in [6.45, 7) is 0. The molecule has 1 aromatic heterocycles. The van der Waals surface area contributed by atoms with E-state index in [0.717, 1.165) is 24.2 Å². The van der Waals surface area contributed by atoms with Gasteiger partial charge in [-0.15, -0.1) is 0 Å². The Morgan fingerprint density at radius 1 is 1.11 bits per heavy atom. The van der Waals surface area contributed by atoms with Crippen LogP contribution in [0.1, 0.15) is 18.4 Å². The highest BCUT2D eigenvalue weighted by Gasteiger charge is 2.34. The maximum atomic E-state index is 12.5. The minimum Gasteiger partial charge on any atom is -0.293 e. The van der Waals surface area contributed by atoms with Gasteiger partial charge in [-0.3, -0.25) is 9.69 Å². The number of hydrogen-bond donors (Lipinski definition) is 0. The van der Waals surface area contributed by atoms with E-state index in [0.29, 0.717) is 12.5 Å². The topological polar surface area (TPSA) is 33.2 Å². The molecule has 2 aromatic rings. The average molecular weight is 252 g/mol. The Kier molecular flexibility index (Phi) is 3.27. The highest BCUT2D eigenvalue weighted by Crippen LogP contribution is 2.31. The van der Waals surface area contributed by atoms with E-state index in [1.54, 1.807) is 6.20 Å². The van der Waals surface area contributed by atoms with Crippen LogP contribution in [-0.4, -0.2) is 16.9 Å². The standard InChI is InChI=1S/C16H16N2O/c19-16(12-13-6-2-1-3-7-13)18(14-9-10-14)15-8-4-5-11-17-15/h1-8,11,14H,9-10,12H2. The molecule has 1 saturated carbocycles. The molecule has 0 bridgehead atoms. The highest BCUT2D eigenvalue weighted by atomic mass is 16.2. The first-order valence-electron chi connectivity index (χ1n) is 6.61. The first kappa shape index (κ1) is 11.9. The Hall–Kier alpha value is -2.16. The van der Waals surface area contributed by atoms with Gasteiger partial charge in [0, 0.05) is 12.2 Å². The molecule has 1 fully saturated rings. The minimum atomic E-state index is 0.132. The van der Waals surface area contributed by atoms with Crippen molar-refractivity contribution in [3.8, 4) is 0 Å². The third kappa shape index (κ3) is 2.81. The molecule has 0 spiro atoms. The number of anilines is 1. The van der Waals surface area contributed by atoms with E-state index in [2.05, 4.69) is 4.98 Å². The Balaban J connectivity index is 1.79. The third-order valence-electron chi connectivity index (χ3n) is 3.27. The van der Waals surface area contributed by atoms with E-state index in [9.17, 15) is 4.79 Å². The van der Waals surface area contributed by atoms with E-state index in [1.807, 2.05) is 53.4 Å². The van der Waals surface area contributed by atoms with Crippen LogP contribution in [0, 0.1) is 0 Å². The lowest BCUT2D eigenvalue weighted by molar-refractivity contribution is -0.118. The van der Waals surface area contributed by atoms with Crippen LogP contribution in [0.15, 0.2) is 54.7 Å². The molecular formula is C16H16N2O. The van der Waals surface area contributed by atoms with Gasteiger partial charge in [0.05, 0.1) is 6.42 Å². The lowest BCUT2D eigenvalue weighted by Crippen LogP contribution is -2.34. The molecule has 1 heterocycles. The Morgan fingerprint density at radius 3 is 2.47 bits per heavy atom. The quantitative estimate of drug-likeness (QED) is 0.838. The van der Waals surface area contributed by atoms with Gasteiger partial charge in [-0.25, -0.2) is 4.98 Å². The van der Waals surface area contributed by atoms with E-state index >= 15 is 0 Å². The van der Waals surface area contributed by atoms with Crippen LogP contribution in [-0.2, 0) is 11.2 Å². The molecule has 1 aliphatic rings. The summed E-state index contributed by atoms with van der Waals surface area (Å²) in [5.41, 5.74) is 1.05. The predicted molar refractivity (Wildman–Crippen MR) is 74.9 cm³/mol. The largest absolute Gasteiger partial charge is 0.293 e. The molecule has 0 aliphatic heterocycles. The zero-order valence-corrected chi connectivity index (χ0v) is 10.7. The van der Waals surface area contributed by atoms with E-state index in [4.69, 9.17) is 0 Å². The van der Waals surface area contributed by atoms with Crippen molar-refractivity contribution in [3.05, 3.63) is 60.3 Å². The molecular weight excluding hydrogens is 236 g/mol. The van der Waals surface area contributed by atoms with Crippen LogP contribution >= 0.6 is 0 Å². The summed E-state index contributed by atoms with van der Waals surface area (Å²) in [6.07, 6.45) is 4.34. The van der Waals surface area contributed by atoms with Gasteiger partial charge >= 0.3 is 0 Å². The van der Waals surface area contributed by atoms with Gasteiger partial charge in [-0.2, -0.15) is 0 Å². The van der Waals surface area contributed by atoms with Crippen molar-refractivity contribution in [1.82, 2.24) is 4.98 Å². The Morgan fingerprint density at radius 2 is 1.84 bits per heavy atom. The molecule has 3 nitrogen and oxygen atoms in total. The van der Waals surface area contributed by atoms with Crippen molar-refractivity contribution in [2.24, 2.45) is 0 Å². The highest BCUT2D eigenvalue weighted by molar-refractivity contribution is 5.94. The average Bonchev–Trinajstić information content (AvgIpc) is 3.26. The number of hydrogen-bond acceptors (Lipinski definition) is 2. The summed E-state index contributed by atoms with van der Waals surface area (Å²) in [5.74, 6) is 0.901. The predicted octanol–water partition coefficient (Wildman–Crippen LogP) is 2.82. The van der Waals surface area contributed by atoms with Crippen LogP contribution in [0.3, 0.4) is 0 Å². The molecule has 1 aromatic carbocycles. The molecule has 3 heteroatoms. The van der Waals surface area contributed by atoms with Crippen molar-refractivity contribution in [2.75, 3.05) is 4.90 Å². The first-order chi connectivity index (χ1) is 9.34. The van der Waals surface area contributed by atoms with Crippen LogP contribution in [0.2, 0.25) is 0 Å². The minimum absolute atomic E-state index is 0.132. The summed E-state index contributed by atoms with van der Waals surface area (Å²) in [5, 5.41) is 0. The second-order valence-corrected chi connectivity index (χ2v) is 4.85. The number of amides is 1. The fourth-order valence-corrected chi connectivity index (χ4v) is 2.20. The van der Waals surface area contributed by atoms with E-state index < -0.39 is 0 Å². The van der Waals surface area contributed by atoms with Crippen molar-refractivity contribution >= 4 is 11.7 Å². The molecule has 19 heavy (non-hydrogen) atoms. The van der Waals surface area contributed by atoms with Crippen molar-refractivity contribution in [2.45, 2.75) is 25.3 Å². The maximum Gasteiger partial charge on any atom is 0.232 e.